The summed E-state index contributed by atoms with van der Waals surface area (Å²) in [6, 6.07) is 0. The predicted molar refractivity (Wildman–Crippen MR) is 58.5 cm³/mol. The SMILES string of the molecule is CCCOCCNCC(Cl)C(C)C. The molecule has 0 amide bonds. The third kappa shape index (κ3) is 8.54. The molecule has 0 bridgehead atoms. The van der Waals surface area contributed by atoms with Gasteiger partial charge in [0.2, 0.25) is 0 Å². The molecule has 1 N–H and O–H groups in total. The standard InChI is InChI=1S/C10H22ClNO/c1-4-6-13-7-5-12-8-10(11)9(2)3/h9-10,12H,4-8H2,1-3H3. The Morgan fingerprint density at radius 1 is 1.31 bits per heavy atom. The van der Waals surface area contributed by atoms with Crippen LogP contribution in [0.15, 0.2) is 0 Å². The topological polar surface area (TPSA) is 21.3 Å². The Morgan fingerprint density at radius 2 is 2.00 bits per heavy atom. The lowest BCUT2D eigenvalue weighted by molar-refractivity contribution is 0.136. The van der Waals surface area contributed by atoms with Crippen molar-refractivity contribution in [2.24, 2.45) is 5.92 Å². The summed E-state index contributed by atoms with van der Waals surface area (Å²) in [5, 5.41) is 3.50. The summed E-state index contributed by atoms with van der Waals surface area (Å²) in [5.41, 5.74) is 0. The monoisotopic (exact) mass is 207 g/mol. The van der Waals surface area contributed by atoms with Crippen molar-refractivity contribution in [1.82, 2.24) is 5.32 Å². The van der Waals surface area contributed by atoms with E-state index in [0.29, 0.717) is 5.92 Å². The van der Waals surface area contributed by atoms with Crippen LogP contribution >= 0.6 is 11.6 Å². The first-order chi connectivity index (χ1) is 6.18. The van der Waals surface area contributed by atoms with Gasteiger partial charge in [0.1, 0.15) is 0 Å². The smallest absolute Gasteiger partial charge is 0.0590 e. The Kier molecular flexibility index (Phi) is 8.93. The molecule has 3 heteroatoms. The van der Waals surface area contributed by atoms with E-state index in [9.17, 15) is 0 Å². The quantitative estimate of drug-likeness (QED) is 0.487. The molecular weight excluding hydrogens is 186 g/mol. The van der Waals surface area contributed by atoms with Crippen LogP contribution in [0.2, 0.25) is 0 Å². The van der Waals surface area contributed by atoms with E-state index in [1.165, 1.54) is 0 Å². The third-order valence-electron chi connectivity index (χ3n) is 1.83. The van der Waals surface area contributed by atoms with E-state index in [-0.39, 0.29) is 5.38 Å². The van der Waals surface area contributed by atoms with Gasteiger partial charge in [0.15, 0.2) is 0 Å². The minimum absolute atomic E-state index is 0.228. The zero-order valence-electron chi connectivity index (χ0n) is 8.98. The number of alkyl halides is 1. The van der Waals surface area contributed by atoms with Gasteiger partial charge in [-0.15, -0.1) is 11.6 Å². The maximum atomic E-state index is 6.05. The van der Waals surface area contributed by atoms with Gasteiger partial charge in [-0.2, -0.15) is 0 Å². The molecule has 0 spiro atoms. The van der Waals surface area contributed by atoms with E-state index in [4.69, 9.17) is 16.3 Å². The van der Waals surface area contributed by atoms with Gasteiger partial charge in [0, 0.05) is 25.1 Å². The lowest BCUT2D eigenvalue weighted by Crippen LogP contribution is -2.29. The van der Waals surface area contributed by atoms with Gasteiger partial charge in [-0.05, 0) is 12.3 Å². The Bertz CT molecular complexity index is 109. The van der Waals surface area contributed by atoms with Gasteiger partial charge >= 0.3 is 0 Å². The van der Waals surface area contributed by atoms with Crippen LogP contribution in [0, 0.1) is 5.92 Å². The van der Waals surface area contributed by atoms with E-state index in [0.717, 1.165) is 32.7 Å². The van der Waals surface area contributed by atoms with Crippen LogP contribution in [-0.4, -0.2) is 31.7 Å². The second-order valence-corrected chi connectivity index (χ2v) is 4.14. The van der Waals surface area contributed by atoms with Crippen molar-refractivity contribution in [2.75, 3.05) is 26.3 Å². The number of nitrogens with one attached hydrogen (secondary N) is 1. The number of ether oxygens (including phenoxy) is 1. The summed E-state index contributed by atoms with van der Waals surface area (Å²) >= 11 is 6.05. The van der Waals surface area contributed by atoms with Crippen molar-refractivity contribution in [3.05, 3.63) is 0 Å². The summed E-state index contributed by atoms with van der Waals surface area (Å²) in [6.45, 7) is 9.79. The van der Waals surface area contributed by atoms with Crippen molar-refractivity contribution in [3.8, 4) is 0 Å². The average Bonchev–Trinajstić information content (AvgIpc) is 2.10. The highest BCUT2D eigenvalue weighted by Gasteiger charge is 2.07. The predicted octanol–water partition coefficient (Wildman–Crippen LogP) is 2.27. The van der Waals surface area contributed by atoms with Gasteiger partial charge in [-0.25, -0.2) is 0 Å². The largest absolute Gasteiger partial charge is 0.380 e. The molecule has 0 rings (SSSR count). The van der Waals surface area contributed by atoms with E-state index in [1.807, 2.05) is 0 Å². The minimum atomic E-state index is 0.228. The molecule has 0 aromatic rings. The Hall–Kier alpha value is 0.210. The maximum absolute atomic E-state index is 6.05. The summed E-state index contributed by atoms with van der Waals surface area (Å²) in [6.07, 6.45) is 1.09. The van der Waals surface area contributed by atoms with Crippen LogP contribution in [0.3, 0.4) is 0 Å². The van der Waals surface area contributed by atoms with E-state index in [2.05, 4.69) is 26.1 Å². The molecular formula is C10H22ClNO. The number of rotatable bonds is 8. The lowest BCUT2D eigenvalue weighted by atomic mass is 10.1. The van der Waals surface area contributed by atoms with E-state index >= 15 is 0 Å². The van der Waals surface area contributed by atoms with Crippen LogP contribution < -0.4 is 5.32 Å². The molecule has 0 radical (unpaired) electrons. The highest BCUT2D eigenvalue weighted by atomic mass is 35.5. The van der Waals surface area contributed by atoms with Crippen molar-refractivity contribution < 1.29 is 4.74 Å². The fourth-order valence-electron chi connectivity index (χ4n) is 0.866. The molecule has 0 saturated carbocycles. The molecule has 0 aromatic heterocycles. The molecule has 0 aliphatic rings. The zero-order valence-corrected chi connectivity index (χ0v) is 9.73. The highest BCUT2D eigenvalue weighted by molar-refractivity contribution is 6.20. The summed E-state index contributed by atoms with van der Waals surface area (Å²) in [4.78, 5) is 0. The van der Waals surface area contributed by atoms with Gasteiger partial charge in [-0.1, -0.05) is 20.8 Å². The Morgan fingerprint density at radius 3 is 2.54 bits per heavy atom. The molecule has 0 fully saturated rings. The van der Waals surface area contributed by atoms with Crippen LogP contribution in [-0.2, 0) is 4.74 Å². The zero-order chi connectivity index (χ0) is 10.1. The van der Waals surface area contributed by atoms with Gasteiger partial charge < -0.3 is 10.1 Å². The van der Waals surface area contributed by atoms with Crippen molar-refractivity contribution in [3.63, 3.8) is 0 Å². The highest BCUT2D eigenvalue weighted by Crippen LogP contribution is 2.07. The van der Waals surface area contributed by atoms with E-state index in [1.54, 1.807) is 0 Å². The van der Waals surface area contributed by atoms with Crippen molar-refractivity contribution in [2.45, 2.75) is 32.6 Å². The second kappa shape index (κ2) is 8.79. The molecule has 0 heterocycles. The van der Waals surface area contributed by atoms with Crippen LogP contribution in [0.5, 0.6) is 0 Å². The summed E-state index contributed by atoms with van der Waals surface area (Å²) in [7, 11) is 0. The molecule has 13 heavy (non-hydrogen) atoms. The molecule has 2 nitrogen and oxygen atoms in total. The number of halogens is 1. The van der Waals surface area contributed by atoms with Crippen molar-refractivity contribution >= 4 is 11.6 Å². The molecule has 0 saturated heterocycles. The Balaban J connectivity index is 3.07. The molecule has 80 valence electrons. The normalized spacial score (nSPS) is 13.6. The number of hydrogen-bond acceptors (Lipinski definition) is 2. The molecule has 0 aliphatic heterocycles. The van der Waals surface area contributed by atoms with Gasteiger partial charge in [0.25, 0.3) is 0 Å². The van der Waals surface area contributed by atoms with Gasteiger partial charge in [-0.3, -0.25) is 0 Å². The third-order valence-corrected chi connectivity index (χ3v) is 2.49. The molecule has 1 unspecified atom stereocenters. The first-order valence-electron chi connectivity index (χ1n) is 5.11. The minimum Gasteiger partial charge on any atom is -0.380 e. The first-order valence-corrected chi connectivity index (χ1v) is 5.54. The van der Waals surface area contributed by atoms with Crippen LogP contribution in [0.25, 0.3) is 0 Å². The summed E-state index contributed by atoms with van der Waals surface area (Å²) < 4.78 is 5.32. The van der Waals surface area contributed by atoms with Crippen molar-refractivity contribution in [1.29, 1.82) is 0 Å². The van der Waals surface area contributed by atoms with Gasteiger partial charge in [0.05, 0.1) is 6.61 Å². The summed E-state index contributed by atoms with van der Waals surface area (Å²) in [5.74, 6) is 0.533. The van der Waals surface area contributed by atoms with Crippen LogP contribution in [0.1, 0.15) is 27.2 Å². The fraction of sp³-hybridized carbons (Fsp3) is 1.00. The average molecular weight is 208 g/mol. The van der Waals surface area contributed by atoms with Crippen LogP contribution in [0.4, 0.5) is 0 Å². The first kappa shape index (κ1) is 13.2. The molecule has 1 atom stereocenters. The second-order valence-electron chi connectivity index (χ2n) is 3.58. The molecule has 0 aliphatic carbocycles. The number of hydrogen-bond donors (Lipinski definition) is 1. The Labute approximate surface area is 87.0 Å². The lowest BCUT2D eigenvalue weighted by Gasteiger charge is -2.13. The maximum Gasteiger partial charge on any atom is 0.0590 e. The fourth-order valence-corrected chi connectivity index (χ4v) is 0.975. The van der Waals surface area contributed by atoms with E-state index < -0.39 is 0 Å². The molecule has 0 aromatic carbocycles.